The van der Waals surface area contributed by atoms with Gasteiger partial charge in [-0.15, -0.1) is 0 Å². The van der Waals surface area contributed by atoms with Gasteiger partial charge >= 0.3 is 0 Å². The minimum atomic E-state index is 0.594. The maximum Gasteiger partial charge on any atom is 0.119 e. The molecule has 0 unspecified atom stereocenters. The summed E-state index contributed by atoms with van der Waals surface area (Å²) in [6, 6.07) is 15.4. The number of rotatable bonds is 6. The van der Waals surface area contributed by atoms with Crippen molar-refractivity contribution in [3.05, 3.63) is 59.2 Å². The van der Waals surface area contributed by atoms with Gasteiger partial charge in [-0.05, 0) is 61.4 Å². The van der Waals surface area contributed by atoms with E-state index >= 15 is 0 Å². The van der Waals surface area contributed by atoms with Crippen LogP contribution in [0.1, 0.15) is 23.1 Å². The molecule has 0 fully saturated rings. The van der Waals surface area contributed by atoms with Gasteiger partial charge in [0.25, 0.3) is 0 Å². The Kier molecular flexibility index (Phi) is 5.22. The Morgan fingerprint density at radius 3 is 2.00 bits per heavy atom. The molecule has 0 aromatic heterocycles. The molecule has 0 atom stereocenters. The number of nitriles is 1. The highest BCUT2D eigenvalue weighted by Gasteiger charge is 1.98. The summed E-state index contributed by atoms with van der Waals surface area (Å²) in [6.07, 6.45) is 0.812. The third-order valence-electron chi connectivity index (χ3n) is 3.00. The number of nitrogens with zero attached hydrogens (tertiary/aromatic N) is 1. The number of benzene rings is 2. The Morgan fingerprint density at radius 2 is 1.43 bits per heavy atom. The summed E-state index contributed by atoms with van der Waals surface area (Å²) >= 11 is 0. The van der Waals surface area contributed by atoms with Crippen LogP contribution < -0.4 is 9.47 Å². The highest BCUT2D eigenvalue weighted by molar-refractivity contribution is 5.34. The van der Waals surface area contributed by atoms with Gasteiger partial charge in [0.05, 0.1) is 24.8 Å². The molecular weight excluding hydrogens is 262 g/mol. The van der Waals surface area contributed by atoms with Crippen LogP contribution in [0.5, 0.6) is 11.5 Å². The maximum absolute atomic E-state index is 8.71. The molecule has 108 valence electrons. The molecule has 2 aromatic rings. The molecule has 0 aliphatic rings. The standard InChI is InChI=1S/C18H19NO2/c1-14-10-15(2)12-18(11-14)21-9-3-8-20-17-6-4-16(13-19)5-7-17/h4-7,10-12H,3,8-9H2,1-2H3. The average Bonchev–Trinajstić information content (AvgIpc) is 2.46. The van der Waals surface area contributed by atoms with Crippen molar-refractivity contribution in [3.63, 3.8) is 0 Å². The number of aryl methyl sites for hydroxylation is 2. The summed E-state index contributed by atoms with van der Waals surface area (Å²) in [5.74, 6) is 1.69. The van der Waals surface area contributed by atoms with E-state index in [-0.39, 0.29) is 0 Å². The van der Waals surface area contributed by atoms with E-state index in [9.17, 15) is 0 Å². The predicted octanol–water partition coefficient (Wildman–Crippen LogP) is 4.02. The van der Waals surface area contributed by atoms with Crippen molar-refractivity contribution in [3.8, 4) is 17.6 Å². The Bertz CT molecular complexity index is 606. The zero-order valence-corrected chi connectivity index (χ0v) is 12.4. The largest absolute Gasteiger partial charge is 0.493 e. The van der Waals surface area contributed by atoms with Crippen LogP contribution in [0.4, 0.5) is 0 Å². The Morgan fingerprint density at radius 1 is 0.857 bits per heavy atom. The summed E-state index contributed by atoms with van der Waals surface area (Å²) in [5.41, 5.74) is 3.05. The first kappa shape index (κ1) is 14.9. The fourth-order valence-electron chi connectivity index (χ4n) is 2.08. The van der Waals surface area contributed by atoms with Gasteiger partial charge in [0.2, 0.25) is 0 Å². The molecule has 0 heterocycles. The summed E-state index contributed by atoms with van der Waals surface area (Å²) in [6.45, 7) is 5.34. The topological polar surface area (TPSA) is 42.2 Å². The van der Waals surface area contributed by atoms with Crippen LogP contribution in [0, 0.1) is 25.2 Å². The monoisotopic (exact) mass is 281 g/mol. The molecule has 3 heteroatoms. The van der Waals surface area contributed by atoms with Gasteiger partial charge in [0.15, 0.2) is 0 Å². The summed E-state index contributed by atoms with van der Waals surface area (Å²) < 4.78 is 11.3. The number of ether oxygens (including phenoxy) is 2. The van der Waals surface area contributed by atoms with E-state index in [1.54, 1.807) is 12.1 Å². The van der Waals surface area contributed by atoms with E-state index in [1.807, 2.05) is 24.3 Å². The first-order valence-electron chi connectivity index (χ1n) is 7.01. The molecule has 0 saturated carbocycles. The normalized spacial score (nSPS) is 9.95. The molecule has 0 aliphatic heterocycles. The second kappa shape index (κ2) is 7.35. The van der Waals surface area contributed by atoms with Crippen LogP contribution in [0.25, 0.3) is 0 Å². The van der Waals surface area contributed by atoms with Gasteiger partial charge in [-0.25, -0.2) is 0 Å². The van der Waals surface area contributed by atoms with Gasteiger partial charge in [-0.1, -0.05) is 6.07 Å². The van der Waals surface area contributed by atoms with Gasteiger partial charge in [-0.2, -0.15) is 5.26 Å². The van der Waals surface area contributed by atoms with Crippen LogP contribution in [0.3, 0.4) is 0 Å². The van der Waals surface area contributed by atoms with E-state index in [2.05, 4.69) is 26.0 Å². The maximum atomic E-state index is 8.71. The van der Waals surface area contributed by atoms with Crippen LogP contribution in [-0.2, 0) is 0 Å². The van der Waals surface area contributed by atoms with E-state index < -0.39 is 0 Å². The molecule has 3 nitrogen and oxygen atoms in total. The van der Waals surface area contributed by atoms with Crippen LogP contribution in [0.15, 0.2) is 42.5 Å². The third kappa shape index (κ3) is 4.85. The van der Waals surface area contributed by atoms with E-state index in [4.69, 9.17) is 14.7 Å². The predicted molar refractivity (Wildman–Crippen MR) is 82.7 cm³/mol. The molecule has 2 rings (SSSR count). The second-order valence-electron chi connectivity index (χ2n) is 5.01. The van der Waals surface area contributed by atoms with E-state index in [0.29, 0.717) is 18.8 Å². The lowest BCUT2D eigenvalue weighted by molar-refractivity contribution is 0.247. The average molecular weight is 281 g/mol. The molecule has 0 saturated heterocycles. The van der Waals surface area contributed by atoms with Gasteiger partial charge < -0.3 is 9.47 Å². The first-order chi connectivity index (χ1) is 10.2. The zero-order valence-electron chi connectivity index (χ0n) is 12.4. The fraction of sp³-hybridized carbons (Fsp3) is 0.278. The third-order valence-corrected chi connectivity index (χ3v) is 3.00. The van der Waals surface area contributed by atoms with Crippen molar-refractivity contribution < 1.29 is 9.47 Å². The minimum absolute atomic E-state index is 0.594. The molecule has 0 amide bonds. The minimum Gasteiger partial charge on any atom is -0.493 e. The molecule has 0 radical (unpaired) electrons. The molecule has 0 bridgehead atoms. The van der Waals surface area contributed by atoms with Crippen molar-refractivity contribution in [2.45, 2.75) is 20.3 Å². The van der Waals surface area contributed by atoms with Crippen molar-refractivity contribution in [1.82, 2.24) is 0 Å². The fourth-order valence-corrected chi connectivity index (χ4v) is 2.08. The Balaban J connectivity index is 1.71. The highest BCUT2D eigenvalue weighted by atomic mass is 16.5. The van der Waals surface area contributed by atoms with Gasteiger partial charge in [-0.3, -0.25) is 0 Å². The Labute approximate surface area is 125 Å². The van der Waals surface area contributed by atoms with E-state index in [1.165, 1.54) is 11.1 Å². The number of hydrogen-bond donors (Lipinski definition) is 0. The van der Waals surface area contributed by atoms with Gasteiger partial charge in [0, 0.05) is 6.42 Å². The van der Waals surface area contributed by atoms with E-state index in [0.717, 1.165) is 17.9 Å². The van der Waals surface area contributed by atoms with Crippen molar-refractivity contribution >= 4 is 0 Å². The van der Waals surface area contributed by atoms with Crippen molar-refractivity contribution in [2.24, 2.45) is 0 Å². The molecule has 21 heavy (non-hydrogen) atoms. The molecule has 0 N–H and O–H groups in total. The van der Waals surface area contributed by atoms with Crippen molar-refractivity contribution in [2.75, 3.05) is 13.2 Å². The van der Waals surface area contributed by atoms with Crippen molar-refractivity contribution in [1.29, 1.82) is 5.26 Å². The first-order valence-corrected chi connectivity index (χ1v) is 7.01. The highest BCUT2D eigenvalue weighted by Crippen LogP contribution is 2.16. The lowest BCUT2D eigenvalue weighted by Gasteiger charge is -2.09. The second-order valence-corrected chi connectivity index (χ2v) is 5.01. The molecular formula is C18H19NO2. The van der Waals surface area contributed by atoms with Crippen LogP contribution in [0.2, 0.25) is 0 Å². The lowest BCUT2D eigenvalue weighted by atomic mass is 10.1. The SMILES string of the molecule is Cc1cc(C)cc(OCCCOc2ccc(C#N)cc2)c1. The van der Waals surface area contributed by atoms with Gasteiger partial charge in [0.1, 0.15) is 11.5 Å². The Hall–Kier alpha value is -2.47. The summed E-state index contributed by atoms with van der Waals surface area (Å²) in [4.78, 5) is 0. The van der Waals surface area contributed by atoms with Crippen LogP contribution in [-0.4, -0.2) is 13.2 Å². The van der Waals surface area contributed by atoms with Crippen LogP contribution >= 0.6 is 0 Å². The summed E-state index contributed by atoms with van der Waals surface area (Å²) in [5, 5.41) is 8.71. The molecule has 0 spiro atoms. The quantitative estimate of drug-likeness (QED) is 0.751. The molecule has 0 aliphatic carbocycles. The zero-order chi connectivity index (χ0) is 15.1. The smallest absolute Gasteiger partial charge is 0.119 e. The molecule has 2 aromatic carbocycles. The summed E-state index contributed by atoms with van der Waals surface area (Å²) in [7, 11) is 0. The lowest BCUT2D eigenvalue weighted by Crippen LogP contribution is -2.05. The number of hydrogen-bond acceptors (Lipinski definition) is 3.